The van der Waals surface area contributed by atoms with E-state index >= 15 is 0 Å². The van der Waals surface area contributed by atoms with Gasteiger partial charge in [0.1, 0.15) is 5.69 Å². The third-order valence-electron chi connectivity index (χ3n) is 4.05. The van der Waals surface area contributed by atoms with E-state index < -0.39 is 0 Å². The number of amides is 3. The van der Waals surface area contributed by atoms with Gasteiger partial charge in [0.15, 0.2) is 0 Å². The molecular weight excluding hydrogens is 336 g/mol. The predicted octanol–water partition coefficient (Wildman–Crippen LogP) is 1.92. The number of halogens is 1. The second-order valence-electron chi connectivity index (χ2n) is 5.91. The summed E-state index contributed by atoms with van der Waals surface area (Å²) >= 11 is 3.31. The van der Waals surface area contributed by atoms with E-state index in [1.165, 1.54) is 25.7 Å². The molecule has 2 saturated carbocycles. The van der Waals surface area contributed by atoms with Crippen molar-refractivity contribution >= 4 is 27.9 Å². The van der Waals surface area contributed by atoms with Crippen molar-refractivity contribution in [3.8, 4) is 0 Å². The molecule has 0 bridgehead atoms. The van der Waals surface area contributed by atoms with E-state index in [-0.39, 0.29) is 18.0 Å². The maximum atomic E-state index is 12.0. The smallest absolute Gasteiger partial charge is 0.333 e. The molecule has 1 heterocycles. The molecule has 7 heteroatoms. The number of nitrogens with zero attached hydrogens (tertiary/aromatic N) is 1. The first-order valence-corrected chi connectivity index (χ1v) is 8.02. The van der Waals surface area contributed by atoms with Crippen molar-refractivity contribution in [1.29, 1.82) is 0 Å². The highest BCUT2D eigenvalue weighted by atomic mass is 79.9. The summed E-state index contributed by atoms with van der Waals surface area (Å²) in [6, 6.07) is 1.64. The summed E-state index contributed by atoms with van der Waals surface area (Å²) in [4.78, 5) is 23.9. The molecule has 2 aliphatic carbocycles. The van der Waals surface area contributed by atoms with Crippen LogP contribution in [-0.2, 0) is 7.05 Å². The van der Waals surface area contributed by atoms with E-state index in [1.54, 1.807) is 23.9 Å². The lowest BCUT2D eigenvalue weighted by molar-refractivity contribution is 0.0927. The van der Waals surface area contributed by atoms with Crippen LogP contribution in [0.1, 0.15) is 36.2 Å². The predicted molar refractivity (Wildman–Crippen MR) is 81.5 cm³/mol. The Morgan fingerprint density at radius 3 is 2.33 bits per heavy atom. The third-order valence-corrected chi connectivity index (χ3v) is 4.48. The standard InChI is InChI=1S/C14H19BrN4O2/c1-19-7-10(15)6-11(19)13(20)17-18-14(21)16-12(8-2-3-8)9-4-5-9/h6-9,12H,2-5H2,1H3,(H,17,20)(H2,16,18,21). The second kappa shape index (κ2) is 5.71. The molecule has 0 aliphatic heterocycles. The number of urea groups is 1. The normalized spacial score (nSPS) is 17.7. The Bertz CT molecular complexity index is 551. The van der Waals surface area contributed by atoms with E-state index in [1.807, 2.05) is 0 Å². The molecule has 0 unspecified atom stereocenters. The van der Waals surface area contributed by atoms with Crippen LogP contribution in [0.2, 0.25) is 0 Å². The minimum absolute atomic E-state index is 0.270. The average Bonchev–Trinajstić information content (AvgIpc) is 3.33. The van der Waals surface area contributed by atoms with Gasteiger partial charge in [0.2, 0.25) is 0 Å². The summed E-state index contributed by atoms with van der Waals surface area (Å²) in [6.07, 6.45) is 6.58. The van der Waals surface area contributed by atoms with Crippen LogP contribution in [0.3, 0.4) is 0 Å². The molecule has 3 rings (SSSR count). The number of nitrogens with one attached hydrogen (secondary N) is 3. The maximum absolute atomic E-state index is 12.0. The summed E-state index contributed by atoms with van der Waals surface area (Å²) in [7, 11) is 1.77. The van der Waals surface area contributed by atoms with Crippen molar-refractivity contribution < 1.29 is 9.59 Å². The summed E-state index contributed by atoms with van der Waals surface area (Å²) in [5.41, 5.74) is 5.34. The molecule has 1 aromatic heterocycles. The molecule has 114 valence electrons. The molecule has 2 aliphatic rings. The Labute approximate surface area is 131 Å². The van der Waals surface area contributed by atoms with Gasteiger partial charge in [-0.15, -0.1) is 0 Å². The van der Waals surface area contributed by atoms with Crippen molar-refractivity contribution in [1.82, 2.24) is 20.7 Å². The first-order valence-electron chi connectivity index (χ1n) is 7.23. The Morgan fingerprint density at radius 2 is 1.86 bits per heavy atom. The Balaban J connectivity index is 1.49. The van der Waals surface area contributed by atoms with Gasteiger partial charge in [0.05, 0.1) is 0 Å². The molecule has 21 heavy (non-hydrogen) atoms. The van der Waals surface area contributed by atoms with Gasteiger partial charge >= 0.3 is 6.03 Å². The second-order valence-corrected chi connectivity index (χ2v) is 6.82. The number of rotatable bonds is 4. The fourth-order valence-electron chi connectivity index (χ4n) is 2.65. The van der Waals surface area contributed by atoms with E-state index in [0.717, 1.165) is 4.47 Å². The Morgan fingerprint density at radius 1 is 1.24 bits per heavy atom. The van der Waals surface area contributed by atoms with E-state index in [2.05, 4.69) is 32.1 Å². The lowest BCUT2D eigenvalue weighted by atomic mass is 10.1. The number of aryl methyl sites for hydroxylation is 1. The first-order chi connectivity index (χ1) is 10.0. The van der Waals surface area contributed by atoms with Gasteiger partial charge in [0, 0.05) is 23.8 Å². The molecule has 0 spiro atoms. The summed E-state index contributed by atoms with van der Waals surface area (Å²) in [5, 5.41) is 2.99. The van der Waals surface area contributed by atoms with Crippen LogP contribution in [0.25, 0.3) is 0 Å². The van der Waals surface area contributed by atoms with Gasteiger partial charge in [-0.3, -0.25) is 10.2 Å². The van der Waals surface area contributed by atoms with Crippen LogP contribution in [0.5, 0.6) is 0 Å². The molecule has 0 aromatic carbocycles. The van der Waals surface area contributed by atoms with Crippen LogP contribution in [0.15, 0.2) is 16.7 Å². The molecule has 0 radical (unpaired) electrons. The van der Waals surface area contributed by atoms with Gasteiger partial charge < -0.3 is 9.88 Å². The summed E-state index contributed by atoms with van der Waals surface area (Å²) < 4.78 is 2.51. The van der Waals surface area contributed by atoms with Crippen molar-refractivity contribution in [3.63, 3.8) is 0 Å². The molecule has 1 aromatic rings. The van der Waals surface area contributed by atoms with E-state index in [4.69, 9.17) is 0 Å². The fraction of sp³-hybridized carbons (Fsp3) is 0.571. The topological polar surface area (TPSA) is 75.2 Å². The number of carbonyl (C=O) groups excluding carboxylic acids is 2. The van der Waals surface area contributed by atoms with E-state index in [0.29, 0.717) is 17.5 Å². The number of carbonyl (C=O) groups is 2. The first kappa shape index (κ1) is 14.4. The zero-order valence-corrected chi connectivity index (χ0v) is 13.4. The van der Waals surface area contributed by atoms with Crippen LogP contribution in [0, 0.1) is 11.8 Å². The molecule has 6 nitrogen and oxygen atoms in total. The number of hydrogen-bond donors (Lipinski definition) is 3. The fourth-order valence-corrected chi connectivity index (χ4v) is 3.17. The van der Waals surface area contributed by atoms with Crippen LogP contribution >= 0.6 is 15.9 Å². The Kier molecular flexibility index (Phi) is 3.93. The lowest BCUT2D eigenvalue weighted by Gasteiger charge is -2.18. The zero-order chi connectivity index (χ0) is 15.0. The van der Waals surface area contributed by atoms with Gasteiger partial charge in [-0.25, -0.2) is 10.2 Å². The molecule has 3 amide bonds. The van der Waals surface area contributed by atoms with Crippen molar-refractivity contribution in [2.24, 2.45) is 18.9 Å². The lowest BCUT2D eigenvalue weighted by Crippen LogP contribution is -2.51. The molecule has 3 N–H and O–H groups in total. The molecule has 2 fully saturated rings. The molecular formula is C14H19BrN4O2. The van der Waals surface area contributed by atoms with Crippen LogP contribution in [0.4, 0.5) is 4.79 Å². The van der Waals surface area contributed by atoms with Crippen LogP contribution < -0.4 is 16.2 Å². The minimum Gasteiger partial charge on any atom is -0.345 e. The van der Waals surface area contributed by atoms with E-state index in [9.17, 15) is 9.59 Å². The third kappa shape index (κ3) is 3.58. The van der Waals surface area contributed by atoms with Crippen LogP contribution in [-0.4, -0.2) is 22.5 Å². The largest absolute Gasteiger partial charge is 0.345 e. The van der Waals surface area contributed by atoms with Gasteiger partial charge in [0.25, 0.3) is 5.91 Å². The number of hydrogen-bond acceptors (Lipinski definition) is 2. The highest BCUT2D eigenvalue weighted by molar-refractivity contribution is 9.10. The highest BCUT2D eigenvalue weighted by Crippen LogP contribution is 2.44. The van der Waals surface area contributed by atoms with Crippen molar-refractivity contribution in [2.75, 3.05) is 0 Å². The van der Waals surface area contributed by atoms with Gasteiger partial charge in [-0.1, -0.05) is 0 Å². The number of hydrazine groups is 1. The maximum Gasteiger partial charge on any atom is 0.333 e. The average molecular weight is 355 g/mol. The molecule has 0 saturated heterocycles. The van der Waals surface area contributed by atoms with Crippen molar-refractivity contribution in [2.45, 2.75) is 31.7 Å². The minimum atomic E-state index is -0.340. The van der Waals surface area contributed by atoms with Crippen molar-refractivity contribution in [3.05, 3.63) is 22.4 Å². The Hall–Kier alpha value is -1.50. The van der Waals surface area contributed by atoms with Gasteiger partial charge in [-0.2, -0.15) is 0 Å². The summed E-state index contributed by atoms with van der Waals surface area (Å²) in [5.74, 6) is 0.915. The highest BCUT2D eigenvalue weighted by Gasteiger charge is 2.42. The summed E-state index contributed by atoms with van der Waals surface area (Å²) in [6.45, 7) is 0. The SMILES string of the molecule is Cn1cc(Br)cc1C(=O)NNC(=O)NC(C1CC1)C1CC1. The number of aromatic nitrogens is 1. The quantitative estimate of drug-likeness (QED) is 0.722. The zero-order valence-electron chi connectivity index (χ0n) is 11.9. The molecule has 0 atom stereocenters. The monoisotopic (exact) mass is 354 g/mol. The van der Waals surface area contributed by atoms with Gasteiger partial charge in [-0.05, 0) is 59.5 Å².